The van der Waals surface area contributed by atoms with Crippen molar-refractivity contribution in [1.29, 1.82) is 0 Å². The maximum Gasteiger partial charge on any atom is 0.214 e. The molecule has 0 spiro atoms. The number of ether oxygens (including phenoxy) is 1. The molecule has 0 bridgehead atoms. The van der Waals surface area contributed by atoms with Crippen LogP contribution in [0, 0.1) is 6.92 Å². The molecule has 1 heterocycles. The van der Waals surface area contributed by atoms with E-state index in [1.54, 1.807) is 23.9 Å². The summed E-state index contributed by atoms with van der Waals surface area (Å²) < 4.78 is 7.29. The van der Waals surface area contributed by atoms with Gasteiger partial charge in [0, 0.05) is 7.05 Å². The molecule has 100 valence electrons. The third-order valence-corrected chi connectivity index (χ3v) is 2.73. The number of aryl methyl sites for hydroxylation is 2. The molecule has 0 aliphatic carbocycles. The molecule has 0 N–H and O–H groups in total. The molecule has 2 rings (SSSR count). The average molecular weight is 258 g/mol. The molecule has 0 saturated heterocycles. The molecule has 19 heavy (non-hydrogen) atoms. The summed E-state index contributed by atoms with van der Waals surface area (Å²) in [6.45, 7) is 5.75. The lowest BCUT2D eigenvalue weighted by molar-refractivity contribution is 0.102. The van der Waals surface area contributed by atoms with E-state index in [0.29, 0.717) is 17.0 Å². The van der Waals surface area contributed by atoms with Gasteiger partial charge < -0.3 is 4.74 Å². The van der Waals surface area contributed by atoms with Gasteiger partial charge in [-0.25, -0.2) is 0 Å². The highest BCUT2D eigenvalue weighted by Gasteiger charge is 2.18. The first-order valence-corrected chi connectivity index (χ1v) is 6.30. The van der Waals surface area contributed by atoms with E-state index in [0.717, 1.165) is 5.69 Å². The topological polar surface area (TPSA) is 44.1 Å². The van der Waals surface area contributed by atoms with Crippen molar-refractivity contribution in [3.8, 4) is 5.75 Å². The number of aromatic nitrogens is 2. The van der Waals surface area contributed by atoms with Crippen LogP contribution in [0.2, 0.25) is 0 Å². The van der Waals surface area contributed by atoms with Crippen molar-refractivity contribution < 1.29 is 9.53 Å². The average Bonchev–Trinajstić information content (AvgIpc) is 2.67. The second-order valence-electron chi connectivity index (χ2n) is 4.79. The number of hydrogen-bond acceptors (Lipinski definition) is 3. The third kappa shape index (κ3) is 2.84. The Morgan fingerprint density at radius 3 is 2.58 bits per heavy atom. The number of hydrogen-bond donors (Lipinski definition) is 0. The monoisotopic (exact) mass is 258 g/mol. The van der Waals surface area contributed by atoms with Crippen molar-refractivity contribution in [2.75, 3.05) is 0 Å². The number of ketones is 1. The van der Waals surface area contributed by atoms with Gasteiger partial charge >= 0.3 is 0 Å². The van der Waals surface area contributed by atoms with Gasteiger partial charge in [0.15, 0.2) is 0 Å². The standard InChI is InChI=1S/C15H18N2O2/c1-10(2)19-14-8-6-5-7-12(14)15(18)13-9-11(3)16-17(13)4/h5-10H,1-4H3. The van der Waals surface area contributed by atoms with Crippen molar-refractivity contribution in [2.45, 2.75) is 26.9 Å². The van der Waals surface area contributed by atoms with Crippen LogP contribution in [0.15, 0.2) is 30.3 Å². The zero-order valence-corrected chi connectivity index (χ0v) is 11.7. The maximum absolute atomic E-state index is 12.5. The van der Waals surface area contributed by atoms with Gasteiger partial charge in [0.2, 0.25) is 5.78 Å². The summed E-state index contributed by atoms with van der Waals surface area (Å²) >= 11 is 0. The van der Waals surface area contributed by atoms with Crippen LogP contribution in [0.5, 0.6) is 5.75 Å². The molecule has 4 nitrogen and oxygen atoms in total. The quantitative estimate of drug-likeness (QED) is 0.792. The van der Waals surface area contributed by atoms with Crippen LogP contribution in [0.4, 0.5) is 0 Å². The molecule has 0 atom stereocenters. The molecule has 0 fully saturated rings. The number of benzene rings is 1. The first kappa shape index (κ1) is 13.3. The van der Waals surface area contributed by atoms with Crippen molar-refractivity contribution in [2.24, 2.45) is 7.05 Å². The molecule has 0 aliphatic heterocycles. The predicted octanol–water partition coefficient (Wildman–Crippen LogP) is 2.75. The molecular weight excluding hydrogens is 240 g/mol. The largest absolute Gasteiger partial charge is 0.490 e. The molecule has 0 saturated carbocycles. The lowest BCUT2D eigenvalue weighted by atomic mass is 10.1. The Labute approximate surface area is 113 Å². The Bertz CT molecular complexity index is 600. The summed E-state index contributed by atoms with van der Waals surface area (Å²) in [5, 5.41) is 4.20. The van der Waals surface area contributed by atoms with E-state index in [-0.39, 0.29) is 11.9 Å². The summed E-state index contributed by atoms with van der Waals surface area (Å²) in [6.07, 6.45) is 0.0298. The van der Waals surface area contributed by atoms with Crippen LogP contribution in [0.1, 0.15) is 35.6 Å². The number of carbonyl (C=O) groups excluding carboxylic acids is 1. The minimum Gasteiger partial charge on any atom is -0.490 e. The Balaban J connectivity index is 2.41. The molecule has 1 aromatic heterocycles. The maximum atomic E-state index is 12.5. The molecular formula is C15H18N2O2. The van der Waals surface area contributed by atoms with Gasteiger partial charge in [-0.1, -0.05) is 12.1 Å². The molecule has 0 unspecified atom stereocenters. The van der Waals surface area contributed by atoms with Gasteiger partial charge in [0.25, 0.3) is 0 Å². The number of rotatable bonds is 4. The van der Waals surface area contributed by atoms with E-state index in [2.05, 4.69) is 5.10 Å². The summed E-state index contributed by atoms with van der Waals surface area (Å²) in [5.74, 6) is 0.542. The normalized spacial score (nSPS) is 10.8. The van der Waals surface area contributed by atoms with Gasteiger partial charge in [-0.15, -0.1) is 0 Å². The Kier molecular flexibility index (Phi) is 3.69. The Hall–Kier alpha value is -2.10. The molecule has 0 amide bonds. The highest BCUT2D eigenvalue weighted by Crippen LogP contribution is 2.22. The van der Waals surface area contributed by atoms with Crippen LogP contribution >= 0.6 is 0 Å². The van der Waals surface area contributed by atoms with Gasteiger partial charge in [0.05, 0.1) is 17.4 Å². The Morgan fingerprint density at radius 2 is 2.00 bits per heavy atom. The van der Waals surface area contributed by atoms with Crippen molar-refractivity contribution >= 4 is 5.78 Å². The highest BCUT2D eigenvalue weighted by atomic mass is 16.5. The SMILES string of the molecule is Cc1cc(C(=O)c2ccccc2OC(C)C)n(C)n1. The zero-order chi connectivity index (χ0) is 14.0. The van der Waals surface area contributed by atoms with Crippen LogP contribution in [-0.2, 0) is 7.05 Å². The predicted molar refractivity (Wildman–Crippen MR) is 73.6 cm³/mol. The first-order chi connectivity index (χ1) is 8.99. The van der Waals surface area contributed by atoms with Crippen LogP contribution in [-0.4, -0.2) is 21.7 Å². The summed E-state index contributed by atoms with van der Waals surface area (Å²) in [4.78, 5) is 12.5. The molecule has 0 aliphatic rings. The smallest absolute Gasteiger partial charge is 0.214 e. The van der Waals surface area contributed by atoms with E-state index in [9.17, 15) is 4.79 Å². The Morgan fingerprint density at radius 1 is 1.32 bits per heavy atom. The van der Waals surface area contributed by atoms with Crippen LogP contribution in [0.3, 0.4) is 0 Å². The minimum atomic E-state index is -0.0700. The fraction of sp³-hybridized carbons (Fsp3) is 0.333. The van der Waals surface area contributed by atoms with Gasteiger partial charge in [-0.3, -0.25) is 9.48 Å². The van der Waals surface area contributed by atoms with Gasteiger partial charge in [-0.2, -0.15) is 5.10 Å². The number of nitrogens with zero attached hydrogens (tertiary/aromatic N) is 2. The van der Waals surface area contributed by atoms with Gasteiger partial charge in [-0.05, 0) is 39.0 Å². The van der Waals surface area contributed by atoms with Crippen LogP contribution < -0.4 is 4.74 Å². The van der Waals surface area contributed by atoms with E-state index in [1.165, 1.54) is 0 Å². The molecule has 2 aromatic rings. The van der Waals surface area contributed by atoms with E-state index < -0.39 is 0 Å². The second kappa shape index (κ2) is 5.26. The van der Waals surface area contributed by atoms with Crippen molar-refractivity contribution in [3.63, 3.8) is 0 Å². The molecule has 1 aromatic carbocycles. The summed E-state index contributed by atoms with van der Waals surface area (Å²) in [5.41, 5.74) is 1.96. The summed E-state index contributed by atoms with van der Waals surface area (Å²) in [6, 6.07) is 9.08. The minimum absolute atomic E-state index is 0.0298. The summed E-state index contributed by atoms with van der Waals surface area (Å²) in [7, 11) is 1.77. The van der Waals surface area contributed by atoms with E-state index in [1.807, 2.05) is 39.0 Å². The molecule has 0 radical (unpaired) electrons. The van der Waals surface area contributed by atoms with Gasteiger partial charge in [0.1, 0.15) is 11.4 Å². The second-order valence-corrected chi connectivity index (χ2v) is 4.79. The van der Waals surface area contributed by atoms with E-state index in [4.69, 9.17) is 4.74 Å². The molecule has 4 heteroatoms. The van der Waals surface area contributed by atoms with Crippen LogP contribution in [0.25, 0.3) is 0 Å². The number of carbonyl (C=O) groups is 1. The first-order valence-electron chi connectivity index (χ1n) is 6.30. The lowest BCUT2D eigenvalue weighted by Crippen LogP contribution is -2.13. The number of para-hydroxylation sites is 1. The van der Waals surface area contributed by atoms with E-state index >= 15 is 0 Å². The van der Waals surface area contributed by atoms with Crippen molar-refractivity contribution in [1.82, 2.24) is 9.78 Å². The fourth-order valence-electron chi connectivity index (χ4n) is 1.97. The lowest BCUT2D eigenvalue weighted by Gasteiger charge is -2.13. The zero-order valence-electron chi connectivity index (χ0n) is 11.7. The fourth-order valence-corrected chi connectivity index (χ4v) is 1.97. The third-order valence-electron chi connectivity index (χ3n) is 2.73. The highest BCUT2D eigenvalue weighted by molar-refractivity contribution is 6.09. The van der Waals surface area contributed by atoms with Crippen molar-refractivity contribution in [3.05, 3.63) is 47.3 Å².